The monoisotopic (exact) mass is 469 g/mol. The fourth-order valence-electron chi connectivity index (χ4n) is 5.50. The molecular formula is C24H28FN5O4. The van der Waals surface area contributed by atoms with E-state index in [0.717, 1.165) is 22.9 Å². The highest BCUT2D eigenvalue weighted by Crippen LogP contribution is 2.55. The number of aromatic nitrogens is 1. The Kier molecular flexibility index (Phi) is 5.73. The van der Waals surface area contributed by atoms with E-state index in [-0.39, 0.29) is 6.54 Å². The van der Waals surface area contributed by atoms with E-state index in [0.29, 0.717) is 37.5 Å². The van der Waals surface area contributed by atoms with E-state index in [1.54, 1.807) is 6.21 Å². The van der Waals surface area contributed by atoms with Gasteiger partial charge < -0.3 is 25.3 Å². The van der Waals surface area contributed by atoms with Crippen molar-refractivity contribution in [2.45, 2.75) is 50.0 Å². The quantitative estimate of drug-likeness (QED) is 0.360. The third kappa shape index (κ3) is 3.70. The number of hydrogen-bond donors (Lipinski definition) is 2. The molecule has 2 aromatic rings. The van der Waals surface area contributed by atoms with Crippen molar-refractivity contribution < 1.29 is 23.8 Å². The summed E-state index contributed by atoms with van der Waals surface area (Å²) >= 11 is 0. The molecule has 6 rings (SSSR count). The first-order valence-corrected chi connectivity index (χ1v) is 11.4. The molecule has 1 aliphatic carbocycles. The molecule has 4 aliphatic rings. The Morgan fingerprint density at radius 2 is 2.29 bits per heavy atom. The number of nitrogens with zero attached hydrogens (tertiary/aromatic N) is 4. The van der Waals surface area contributed by atoms with E-state index in [1.165, 1.54) is 10.5 Å². The summed E-state index contributed by atoms with van der Waals surface area (Å²) in [7, 11) is 0. The molecule has 1 amide bonds. The second-order valence-corrected chi connectivity index (χ2v) is 9.39. The SMILES string of the molecule is CC(Oc1ccc2ncc3c(c2c1)CCOC3)/C(C=NC12CN(C(=O)CO)C(CF)(C1)C2)=N/N. The lowest BCUT2D eigenvalue weighted by Crippen LogP contribution is -2.55. The summed E-state index contributed by atoms with van der Waals surface area (Å²) in [5.41, 5.74) is 2.21. The highest BCUT2D eigenvalue weighted by atomic mass is 19.1. The fourth-order valence-corrected chi connectivity index (χ4v) is 5.50. The van der Waals surface area contributed by atoms with Crippen molar-refractivity contribution in [3.05, 3.63) is 35.5 Å². The number of halogens is 1. The van der Waals surface area contributed by atoms with Crippen molar-refractivity contribution in [3.63, 3.8) is 0 Å². The zero-order valence-electron chi connectivity index (χ0n) is 19.0. The molecule has 1 saturated carbocycles. The molecule has 0 radical (unpaired) electrons. The number of alkyl halides is 1. The number of hydrogen-bond acceptors (Lipinski definition) is 8. The van der Waals surface area contributed by atoms with Crippen molar-refractivity contribution >= 4 is 28.7 Å². The highest BCUT2D eigenvalue weighted by molar-refractivity contribution is 6.32. The van der Waals surface area contributed by atoms with E-state index in [9.17, 15) is 14.3 Å². The Bertz CT molecular complexity index is 1180. The van der Waals surface area contributed by atoms with Gasteiger partial charge in [0.05, 0.1) is 29.8 Å². The van der Waals surface area contributed by atoms with Gasteiger partial charge in [-0.2, -0.15) is 5.10 Å². The lowest BCUT2D eigenvalue weighted by Gasteiger charge is -2.43. The average molecular weight is 470 g/mol. The standard InChI is InChI=1S/C24H28FN5O4/c1-15(34-17-2-3-20-19(6-17)18-4-5-33-10-16(18)7-27-20)21(29-26)8-28-23-11-24(12-23,13-25)30(14-23)22(32)9-31/h2-3,6-8,15,31H,4-5,9-14,26H2,1H3/b28-8?,29-21+. The van der Waals surface area contributed by atoms with Crippen LogP contribution >= 0.6 is 0 Å². The second kappa shape index (κ2) is 8.59. The molecule has 1 aromatic heterocycles. The summed E-state index contributed by atoms with van der Waals surface area (Å²) in [6.45, 7) is 2.05. The van der Waals surface area contributed by atoms with Crippen LogP contribution in [0.5, 0.6) is 5.75 Å². The molecule has 0 spiro atoms. The zero-order chi connectivity index (χ0) is 23.9. The van der Waals surface area contributed by atoms with Crippen molar-refractivity contribution in [1.29, 1.82) is 0 Å². The molecule has 1 atom stereocenters. The van der Waals surface area contributed by atoms with Crippen LogP contribution in [0.15, 0.2) is 34.5 Å². The fraction of sp³-hybridized carbons (Fsp3) is 0.500. The number of rotatable bonds is 7. The first-order valence-electron chi connectivity index (χ1n) is 11.4. The molecule has 2 saturated heterocycles. The Labute approximate surface area is 196 Å². The minimum Gasteiger partial charge on any atom is -0.484 e. The molecule has 3 aliphatic heterocycles. The normalized spacial score (nSPS) is 27.0. The van der Waals surface area contributed by atoms with Gasteiger partial charge in [0.1, 0.15) is 30.8 Å². The number of aliphatic hydroxyl groups excluding tert-OH is 1. The number of carbonyl (C=O) groups excluding carboxylic acids is 1. The zero-order valence-corrected chi connectivity index (χ0v) is 19.0. The van der Waals surface area contributed by atoms with Crippen LogP contribution in [-0.4, -0.2) is 76.4 Å². The van der Waals surface area contributed by atoms with Gasteiger partial charge in [-0.25, -0.2) is 4.39 Å². The van der Waals surface area contributed by atoms with Gasteiger partial charge in [0, 0.05) is 37.2 Å². The maximum atomic E-state index is 13.7. The molecule has 9 nitrogen and oxygen atoms in total. The maximum Gasteiger partial charge on any atom is 0.248 e. The smallest absolute Gasteiger partial charge is 0.248 e. The van der Waals surface area contributed by atoms with Gasteiger partial charge in [-0.05, 0) is 42.7 Å². The minimum absolute atomic E-state index is 0.270. The number of nitrogens with two attached hydrogens (primary N) is 1. The molecular weight excluding hydrogens is 441 g/mol. The number of hydrazone groups is 1. The lowest BCUT2D eigenvalue weighted by atomic mass is 9.68. The predicted octanol–water partition coefficient (Wildman–Crippen LogP) is 1.54. The summed E-state index contributed by atoms with van der Waals surface area (Å²) in [5.74, 6) is 5.82. The third-order valence-electron chi connectivity index (χ3n) is 7.17. The van der Waals surface area contributed by atoms with Crippen LogP contribution in [0.3, 0.4) is 0 Å². The summed E-state index contributed by atoms with van der Waals surface area (Å²) < 4.78 is 25.3. The molecule has 1 aromatic carbocycles. The van der Waals surface area contributed by atoms with Crippen molar-refractivity contribution in [2.24, 2.45) is 15.9 Å². The van der Waals surface area contributed by atoms with Crippen LogP contribution in [0, 0.1) is 0 Å². The largest absolute Gasteiger partial charge is 0.484 e. The second-order valence-electron chi connectivity index (χ2n) is 9.39. The first-order chi connectivity index (χ1) is 16.4. The van der Waals surface area contributed by atoms with Crippen LogP contribution in [0.4, 0.5) is 4.39 Å². The summed E-state index contributed by atoms with van der Waals surface area (Å²) in [5, 5.41) is 14.1. The minimum atomic E-state index is -0.859. The Morgan fingerprint density at radius 1 is 1.47 bits per heavy atom. The Hall–Kier alpha value is -3.11. The van der Waals surface area contributed by atoms with Crippen molar-refractivity contribution in [3.8, 4) is 5.75 Å². The number of amides is 1. The van der Waals surface area contributed by atoms with Crippen LogP contribution in [0.1, 0.15) is 30.9 Å². The topological polar surface area (TPSA) is 123 Å². The molecule has 3 N–H and O–H groups in total. The van der Waals surface area contributed by atoms with Gasteiger partial charge in [-0.3, -0.25) is 14.8 Å². The van der Waals surface area contributed by atoms with Crippen molar-refractivity contribution in [1.82, 2.24) is 9.88 Å². The first kappa shape index (κ1) is 22.7. The number of benzene rings is 1. The summed E-state index contributed by atoms with van der Waals surface area (Å²) in [6, 6.07) is 5.76. The van der Waals surface area contributed by atoms with Crippen LogP contribution in [0.25, 0.3) is 10.9 Å². The van der Waals surface area contributed by atoms with Gasteiger partial charge >= 0.3 is 0 Å². The molecule has 1 unspecified atom stereocenters. The van der Waals surface area contributed by atoms with E-state index >= 15 is 0 Å². The van der Waals surface area contributed by atoms with E-state index in [4.69, 9.17) is 15.3 Å². The number of ether oxygens (including phenoxy) is 2. The number of fused-ring (bicyclic) bond motifs is 4. The van der Waals surface area contributed by atoms with E-state index in [1.807, 2.05) is 31.3 Å². The van der Waals surface area contributed by atoms with E-state index in [2.05, 4.69) is 15.1 Å². The number of carbonyl (C=O) groups is 1. The van der Waals surface area contributed by atoms with Gasteiger partial charge in [0.25, 0.3) is 0 Å². The van der Waals surface area contributed by atoms with Gasteiger partial charge in [-0.1, -0.05) is 0 Å². The number of aliphatic hydroxyl groups is 1. The summed E-state index contributed by atoms with van der Waals surface area (Å²) in [6.07, 6.45) is 4.60. The Balaban J connectivity index is 1.31. The molecule has 34 heavy (non-hydrogen) atoms. The van der Waals surface area contributed by atoms with Gasteiger partial charge in [-0.15, -0.1) is 0 Å². The lowest BCUT2D eigenvalue weighted by molar-refractivity contribution is -0.138. The number of pyridine rings is 1. The number of aliphatic imine (C=N–C) groups is 1. The van der Waals surface area contributed by atoms with Crippen molar-refractivity contribution in [2.75, 3.05) is 26.4 Å². The summed E-state index contributed by atoms with van der Waals surface area (Å²) in [4.78, 5) is 22.6. The molecule has 3 fully saturated rings. The molecule has 2 bridgehead atoms. The van der Waals surface area contributed by atoms with Crippen LogP contribution in [0.2, 0.25) is 0 Å². The van der Waals surface area contributed by atoms with E-state index < -0.39 is 36.4 Å². The molecule has 180 valence electrons. The molecule has 4 heterocycles. The van der Waals surface area contributed by atoms with Crippen LogP contribution in [-0.2, 0) is 22.6 Å². The highest BCUT2D eigenvalue weighted by Gasteiger charge is 2.66. The average Bonchev–Trinajstić information content (AvgIpc) is 3.35. The maximum absolute atomic E-state index is 13.7. The molecule has 10 heteroatoms. The third-order valence-corrected chi connectivity index (χ3v) is 7.17. The Morgan fingerprint density at radius 3 is 3.03 bits per heavy atom. The van der Waals surface area contributed by atoms with Gasteiger partial charge in [0.2, 0.25) is 5.91 Å². The van der Waals surface area contributed by atoms with Crippen LogP contribution < -0.4 is 10.6 Å². The van der Waals surface area contributed by atoms with Gasteiger partial charge in [0.15, 0.2) is 0 Å². The predicted molar refractivity (Wildman–Crippen MR) is 125 cm³/mol.